The van der Waals surface area contributed by atoms with Crippen molar-refractivity contribution in [2.75, 3.05) is 13.2 Å². The standard InChI is InChI=1S/C19H23NO2.ClH/c20-19(16-10-12-21-13-11-16)17-8-4-5-9-18(17)22-14-15-6-2-1-3-7-15;/h1-9,16,19H,10-14,20H2;1H/t19-;/m0./s1. The van der Waals surface area contributed by atoms with Gasteiger partial charge in [-0.3, -0.25) is 0 Å². The van der Waals surface area contributed by atoms with Crippen LogP contribution in [0.4, 0.5) is 0 Å². The van der Waals surface area contributed by atoms with Crippen molar-refractivity contribution in [1.82, 2.24) is 0 Å². The van der Waals surface area contributed by atoms with Gasteiger partial charge in [-0.05, 0) is 30.4 Å². The van der Waals surface area contributed by atoms with E-state index in [-0.39, 0.29) is 18.4 Å². The van der Waals surface area contributed by atoms with Crippen LogP contribution in [0.2, 0.25) is 0 Å². The molecule has 0 aliphatic carbocycles. The molecule has 2 aromatic carbocycles. The largest absolute Gasteiger partial charge is 0.489 e. The van der Waals surface area contributed by atoms with Crippen molar-refractivity contribution in [3.05, 3.63) is 65.7 Å². The van der Waals surface area contributed by atoms with E-state index in [0.29, 0.717) is 12.5 Å². The van der Waals surface area contributed by atoms with Gasteiger partial charge in [-0.2, -0.15) is 0 Å². The second-order valence-electron chi connectivity index (χ2n) is 5.79. The first-order chi connectivity index (χ1) is 10.8. The van der Waals surface area contributed by atoms with E-state index in [1.165, 1.54) is 0 Å². The zero-order chi connectivity index (χ0) is 15.2. The quantitative estimate of drug-likeness (QED) is 0.895. The van der Waals surface area contributed by atoms with Crippen molar-refractivity contribution >= 4 is 12.4 Å². The number of para-hydroxylation sites is 1. The van der Waals surface area contributed by atoms with Crippen LogP contribution in [0.25, 0.3) is 0 Å². The first-order valence-electron chi connectivity index (χ1n) is 7.93. The summed E-state index contributed by atoms with van der Waals surface area (Å²) in [4.78, 5) is 0. The van der Waals surface area contributed by atoms with Gasteiger partial charge in [-0.25, -0.2) is 0 Å². The van der Waals surface area contributed by atoms with Crippen LogP contribution in [-0.2, 0) is 11.3 Å². The maximum absolute atomic E-state index is 6.50. The molecule has 3 nitrogen and oxygen atoms in total. The monoisotopic (exact) mass is 333 g/mol. The van der Waals surface area contributed by atoms with Crippen LogP contribution in [0.15, 0.2) is 54.6 Å². The van der Waals surface area contributed by atoms with Gasteiger partial charge in [0.05, 0.1) is 0 Å². The normalized spacial score (nSPS) is 16.4. The molecule has 2 aromatic rings. The van der Waals surface area contributed by atoms with Crippen molar-refractivity contribution in [2.24, 2.45) is 11.7 Å². The molecule has 0 aromatic heterocycles. The number of rotatable bonds is 5. The first-order valence-corrected chi connectivity index (χ1v) is 7.93. The summed E-state index contributed by atoms with van der Waals surface area (Å²) in [5.74, 6) is 1.36. The molecular weight excluding hydrogens is 310 g/mol. The van der Waals surface area contributed by atoms with Gasteiger partial charge in [0.25, 0.3) is 0 Å². The Labute approximate surface area is 144 Å². The molecule has 2 N–H and O–H groups in total. The number of halogens is 1. The van der Waals surface area contributed by atoms with Crippen molar-refractivity contribution < 1.29 is 9.47 Å². The lowest BCUT2D eigenvalue weighted by Crippen LogP contribution is -2.27. The van der Waals surface area contributed by atoms with Gasteiger partial charge < -0.3 is 15.2 Å². The summed E-state index contributed by atoms with van der Waals surface area (Å²) in [6.45, 7) is 2.19. The molecule has 4 heteroatoms. The highest BCUT2D eigenvalue weighted by Gasteiger charge is 2.24. The van der Waals surface area contributed by atoms with Crippen LogP contribution in [0.1, 0.15) is 30.0 Å². The van der Waals surface area contributed by atoms with E-state index in [2.05, 4.69) is 18.2 Å². The zero-order valence-corrected chi connectivity index (χ0v) is 14.0. The van der Waals surface area contributed by atoms with E-state index in [1.807, 2.05) is 36.4 Å². The highest BCUT2D eigenvalue weighted by atomic mass is 35.5. The third-order valence-electron chi connectivity index (χ3n) is 4.29. The SMILES string of the molecule is Cl.N[C@H](c1ccccc1OCc1ccccc1)C1CCOCC1. The molecule has 0 unspecified atom stereocenters. The molecule has 23 heavy (non-hydrogen) atoms. The Morgan fingerprint density at radius 2 is 1.65 bits per heavy atom. The summed E-state index contributed by atoms with van der Waals surface area (Å²) in [5, 5.41) is 0. The van der Waals surface area contributed by atoms with Gasteiger partial charge in [0.15, 0.2) is 0 Å². The smallest absolute Gasteiger partial charge is 0.124 e. The Balaban J connectivity index is 0.00000192. The Morgan fingerprint density at radius 1 is 1.00 bits per heavy atom. The third-order valence-corrected chi connectivity index (χ3v) is 4.29. The topological polar surface area (TPSA) is 44.5 Å². The summed E-state index contributed by atoms with van der Waals surface area (Å²) in [6, 6.07) is 18.3. The summed E-state index contributed by atoms with van der Waals surface area (Å²) >= 11 is 0. The minimum Gasteiger partial charge on any atom is -0.489 e. The first kappa shape index (κ1) is 17.8. The molecule has 1 aliphatic rings. The Bertz CT molecular complexity index is 585. The number of benzene rings is 2. The van der Waals surface area contributed by atoms with E-state index in [0.717, 1.165) is 42.9 Å². The second-order valence-corrected chi connectivity index (χ2v) is 5.79. The minimum absolute atomic E-state index is 0. The predicted octanol–water partition coefficient (Wildman–Crippen LogP) is 4.11. The maximum atomic E-state index is 6.50. The number of ether oxygens (including phenoxy) is 2. The molecule has 1 aliphatic heterocycles. The van der Waals surface area contributed by atoms with Crippen LogP contribution in [0, 0.1) is 5.92 Å². The molecule has 0 spiro atoms. The summed E-state index contributed by atoms with van der Waals surface area (Å²) < 4.78 is 11.5. The lowest BCUT2D eigenvalue weighted by Gasteiger charge is -2.29. The van der Waals surface area contributed by atoms with Gasteiger partial charge >= 0.3 is 0 Å². The number of nitrogens with two attached hydrogens (primary N) is 1. The maximum Gasteiger partial charge on any atom is 0.124 e. The highest BCUT2D eigenvalue weighted by molar-refractivity contribution is 5.85. The molecule has 0 radical (unpaired) electrons. The highest BCUT2D eigenvalue weighted by Crippen LogP contribution is 2.33. The Morgan fingerprint density at radius 3 is 2.39 bits per heavy atom. The van der Waals surface area contributed by atoms with Crippen LogP contribution in [0.5, 0.6) is 5.75 Å². The average Bonchev–Trinajstić information content (AvgIpc) is 2.61. The van der Waals surface area contributed by atoms with Gasteiger partial charge in [-0.15, -0.1) is 12.4 Å². The molecule has 0 bridgehead atoms. The lowest BCUT2D eigenvalue weighted by atomic mass is 9.87. The van der Waals surface area contributed by atoms with Gasteiger partial charge in [0.1, 0.15) is 12.4 Å². The van der Waals surface area contributed by atoms with Gasteiger partial charge in [0.2, 0.25) is 0 Å². The zero-order valence-electron chi connectivity index (χ0n) is 13.2. The molecule has 3 rings (SSSR count). The van der Waals surface area contributed by atoms with Crippen molar-refractivity contribution in [1.29, 1.82) is 0 Å². The van der Waals surface area contributed by atoms with Crippen molar-refractivity contribution in [3.63, 3.8) is 0 Å². The average molecular weight is 334 g/mol. The van der Waals surface area contributed by atoms with Crippen LogP contribution >= 0.6 is 12.4 Å². The fraction of sp³-hybridized carbons (Fsp3) is 0.368. The van der Waals surface area contributed by atoms with Crippen molar-refractivity contribution in [2.45, 2.75) is 25.5 Å². The summed E-state index contributed by atoms with van der Waals surface area (Å²) in [6.07, 6.45) is 2.04. The van der Waals surface area contributed by atoms with Crippen molar-refractivity contribution in [3.8, 4) is 5.75 Å². The van der Waals surface area contributed by atoms with Gasteiger partial charge in [-0.1, -0.05) is 48.5 Å². The van der Waals surface area contributed by atoms with E-state index >= 15 is 0 Å². The number of hydrogen-bond donors (Lipinski definition) is 1. The van der Waals surface area contributed by atoms with E-state index in [4.69, 9.17) is 15.2 Å². The third kappa shape index (κ3) is 4.71. The second kappa shape index (κ2) is 8.92. The van der Waals surface area contributed by atoms with Crippen LogP contribution in [-0.4, -0.2) is 13.2 Å². The summed E-state index contributed by atoms with van der Waals surface area (Å²) in [5.41, 5.74) is 8.77. The molecule has 1 fully saturated rings. The van der Waals surface area contributed by atoms with Crippen LogP contribution < -0.4 is 10.5 Å². The molecule has 124 valence electrons. The minimum atomic E-state index is 0. The van der Waals surface area contributed by atoms with Crippen LogP contribution in [0.3, 0.4) is 0 Å². The molecule has 0 saturated carbocycles. The predicted molar refractivity (Wildman–Crippen MR) is 94.9 cm³/mol. The molecule has 1 heterocycles. The molecular formula is C19H24ClNO2. The van der Waals surface area contributed by atoms with E-state index < -0.39 is 0 Å². The fourth-order valence-electron chi connectivity index (χ4n) is 2.95. The van der Waals surface area contributed by atoms with E-state index in [1.54, 1.807) is 0 Å². The van der Waals surface area contributed by atoms with Gasteiger partial charge in [0, 0.05) is 24.8 Å². The Kier molecular flexibility index (Phi) is 6.90. The Hall–Kier alpha value is -1.55. The molecule has 1 atom stereocenters. The fourth-order valence-corrected chi connectivity index (χ4v) is 2.95. The van der Waals surface area contributed by atoms with E-state index in [9.17, 15) is 0 Å². The molecule has 1 saturated heterocycles. The summed E-state index contributed by atoms with van der Waals surface area (Å²) in [7, 11) is 0. The lowest BCUT2D eigenvalue weighted by molar-refractivity contribution is 0.0580. The molecule has 0 amide bonds. The number of hydrogen-bond acceptors (Lipinski definition) is 3.